The van der Waals surface area contributed by atoms with E-state index in [0.29, 0.717) is 16.9 Å². The Balaban J connectivity index is 2.44. The van der Waals surface area contributed by atoms with Crippen LogP contribution in [0.25, 0.3) is 0 Å². The highest BCUT2D eigenvalue weighted by atomic mass is 16.5. The van der Waals surface area contributed by atoms with Crippen molar-refractivity contribution < 1.29 is 9.53 Å². The minimum atomic E-state index is -0.00681. The Morgan fingerprint density at radius 2 is 1.80 bits per heavy atom. The summed E-state index contributed by atoms with van der Waals surface area (Å²) in [5.74, 6) is 0.672. The van der Waals surface area contributed by atoms with E-state index in [4.69, 9.17) is 4.74 Å². The molecule has 1 N–H and O–H groups in total. The Kier molecular flexibility index (Phi) is 4.41. The molecule has 3 nitrogen and oxygen atoms in total. The van der Waals surface area contributed by atoms with E-state index in [9.17, 15) is 4.79 Å². The van der Waals surface area contributed by atoms with Gasteiger partial charge in [-0.1, -0.05) is 30.3 Å². The van der Waals surface area contributed by atoms with Crippen molar-refractivity contribution in [2.75, 3.05) is 12.4 Å². The molecular weight excluding hydrogens is 250 g/mol. The molecule has 104 valence electrons. The minimum absolute atomic E-state index is 0.00681. The molecule has 2 rings (SSSR count). The van der Waals surface area contributed by atoms with Gasteiger partial charge < -0.3 is 10.1 Å². The monoisotopic (exact) mass is 269 g/mol. The number of hydrogen-bond donors (Lipinski definition) is 1. The van der Waals surface area contributed by atoms with E-state index in [0.717, 1.165) is 5.69 Å². The quantitative estimate of drug-likeness (QED) is 0.840. The van der Waals surface area contributed by atoms with Crippen LogP contribution in [0.5, 0.6) is 5.75 Å². The van der Waals surface area contributed by atoms with Crippen LogP contribution in [0.3, 0.4) is 0 Å². The van der Waals surface area contributed by atoms with Gasteiger partial charge in [-0.05, 0) is 32.0 Å². The molecule has 0 radical (unpaired) electrons. The maximum Gasteiger partial charge on any atom is 0.195 e. The zero-order valence-electron chi connectivity index (χ0n) is 12.0. The summed E-state index contributed by atoms with van der Waals surface area (Å²) in [6.45, 7) is 4.09. The van der Waals surface area contributed by atoms with Crippen LogP contribution in [-0.2, 0) is 0 Å². The highest BCUT2D eigenvalue weighted by Gasteiger charge is 2.15. The van der Waals surface area contributed by atoms with Crippen molar-refractivity contribution in [1.29, 1.82) is 0 Å². The van der Waals surface area contributed by atoms with Gasteiger partial charge in [0.2, 0.25) is 0 Å². The average Bonchev–Trinajstić information content (AvgIpc) is 2.47. The van der Waals surface area contributed by atoms with Gasteiger partial charge in [0, 0.05) is 22.9 Å². The molecule has 0 aliphatic carbocycles. The van der Waals surface area contributed by atoms with Crippen LogP contribution in [0.1, 0.15) is 29.8 Å². The summed E-state index contributed by atoms with van der Waals surface area (Å²) < 4.78 is 5.22. The van der Waals surface area contributed by atoms with E-state index in [1.54, 1.807) is 13.2 Å². The number of hydrogen-bond acceptors (Lipinski definition) is 3. The topological polar surface area (TPSA) is 38.3 Å². The van der Waals surface area contributed by atoms with Crippen molar-refractivity contribution in [3.05, 3.63) is 59.7 Å². The van der Waals surface area contributed by atoms with Gasteiger partial charge in [-0.15, -0.1) is 0 Å². The molecule has 0 saturated heterocycles. The van der Waals surface area contributed by atoms with Crippen LogP contribution >= 0.6 is 0 Å². The van der Waals surface area contributed by atoms with Gasteiger partial charge in [0.25, 0.3) is 0 Å². The lowest BCUT2D eigenvalue weighted by Crippen LogP contribution is -2.14. The Hall–Kier alpha value is -2.29. The lowest BCUT2D eigenvalue weighted by atomic mass is 10.0. The van der Waals surface area contributed by atoms with Crippen LogP contribution in [0.15, 0.2) is 48.5 Å². The third-order valence-corrected chi connectivity index (χ3v) is 2.95. The van der Waals surface area contributed by atoms with Crippen molar-refractivity contribution in [3.63, 3.8) is 0 Å². The molecule has 0 spiro atoms. The zero-order valence-corrected chi connectivity index (χ0v) is 12.0. The van der Waals surface area contributed by atoms with Crippen molar-refractivity contribution in [2.45, 2.75) is 19.9 Å². The second-order valence-corrected chi connectivity index (χ2v) is 4.91. The van der Waals surface area contributed by atoms with E-state index >= 15 is 0 Å². The number of rotatable bonds is 5. The number of ether oxygens (including phenoxy) is 1. The molecule has 0 heterocycles. The predicted molar refractivity (Wildman–Crippen MR) is 81.6 cm³/mol. The Labute approximate surface area is 119 Å². The van der Waals surface area contributed by atoms with Crippen LogP contribution in [0.2, 0.25) is 0 Å². The van der Waals surface area contributed by atoms with Crippen molar-refractivity contribution in [3.8, 4) is 5.75 Å². The van der Waals surface area contributed by atoms with Crippen LogP contribution < -0.4 is 10.1 Å². The zero-order chi connectivity index (χ0) is 14.5. The number of methoxy groups -OCH3 is 1. The number of anilines is 1. The molecule has 3 heteroatoms. The Morgan fingerprint density at radius 3 is 2.40 bits per heavy atom. The molecule has 0 atom stereocenters. The fraction of sp³-hybridized carbons (Fsp3) is 0.235. The maximum absolute atomic E-state index is 12.6. The molecule has 0 unspecified atom stereocenters. The number of carbonyl (C=O) groups is 1. The predicted octanol–water partition coefficient (Wildman–Crippen LogP) is 3.75. The first kappa shape index (κ1) is 14.1. The second kappa shape index (κ2) is 6.24. The summed E-state index contributed by atoms with van der Waals surface area (Å²) in [4.78, 5) is 12.6. The standard InChI is InChI=1S/C17H19NO2/c1-12(2)18-16-10-9-14(20-3)11-15(16)17(19)13-7-5-4-6-8-13/h4-12,18H,1-3H3. The molecule has 2 aromatic carbocycles. The fourth-order valence-electron chi connectivity index (χ4n) is 2.02. The smallest absolute Gasteiger partial charge is 0.195 e. The van der Waals surface area contributed by atoms with Crippen molar-refractivity contribution in [2.24, 2.45) is 0 Å². The normalized spacial score (nSPS) is 10.4. The number of ketones is 1. The Bertz CT molecular complexity index is 591. The molecule has 0 aliphatic rings. The SMILES string of the molecule is COc1ccc(NC(C)C)c(C(=O)c2ccccc2)c1. The largest absolute Gasteiger partial charge is 0.497 e. The molecular formula is C17H19NO2. The first-order valence-electron chi connectivity index (χ1n) is 6.66. The van der Waals surface area contributed by atoms with Gasteiger partial charge in [-0.3, -0.25) is 4.79 Å². The Morgan fingerprint density at radius 1 is 1.10 bits per heavy atom. The number of carbonyl (C=O) groups excluding carboxylic acids is 1. The number of benzene rings is 2. The van der Waals surface area contributed by atoms with E-state index in [1.807, 2.05) is 56.3 Å². The minimum Gasteiger partial charge on any atom is -0.497 e. The summed E-state index contributed by atoms with van der Waals surface area (Å²) in [5, 5.41) is 3.30. The van der Waals surface area contributed by atoms with Crippen molar-refractivity contribution >= 4 is 11.5 Å². The fourth-order valence-corrected chi connectivity index (χ4v) is 2.02. The summed E-state index contributed by atoms with van der Waals surface area (Å²) in [6, 6.07) is 15.0. The second-order valence-electron chi connectivity index (χ2n) is 4.91. The van der Waals surface area contributed by atoms with Gasteiger partial charge in [-0.2, -0.15) is 0 Å². The molecule has 0 amide bonds. The molecule has 0 bridgehead atoms. The van der Waals surface area contributed by atoms with Crippen LogP contribution in [0.4, 0.5) is 5.69 Å². The first-order chi connectivity index (χ1) is 9.61. The van der Waals surface area contributed by atoms with Crippen LogP contribution in [-0.4, -0.2) is 18.9 Å². The summed E-state index contributed by atoms with van der Waals surface area (Å²) in [7, 11) is 1.60. The molecule has 0 aromatic heterocycles. The molecule has 0 aliphatic heterocycles. The third kappa shape index (κ3) is 3.18. The summed E-state index contributed by atoms with van der Waals surface area (Å²) in [5.41, 5.74) is 2.13. The average molecular weight is 269 g/mol. The highest BCUT2D eigenvalue weighted by molar-refractivity contribution is 6.12. The first-order valence-corrected chi connectivity index (χ1v) is 6.66. The summed E-state index contributed by atoms with van der Waals surface area (Å²) >= 11 is 0. The summed E-state index contributed by atoms with van der Waals surface area (Å²) in [6.07, 6.45) is 0. The maximum atomic E-state index is 12.6. The van der Waals surface area contributed by atoms with E-state index in [-0.39, 0.29) is 11.8 Å². The van der Waals surface area contributed by atoms with Crippen molar-refractivity contribution in [1.82, 2.24) is 0 Å². The highest BCUT2D eigenvalue weighted by Crippen LogP contribution is 2.25. The van der Waals surface area contributed by atoms with Gasteiger partial charge in [0.05, 0.1) is 7.11 Å². The molecule has 20 heavy (non-hydrogen) atoms. The number of nitrogens with one attached hydrogen (secondary N) is 1. The van der Waals surface area contributed by atoms with Gasteiger partial charge >= 0.3 is 0 Å². The van der Waals surface area contributed by atoms with E-state index < -0.39 is 0 Å². The van der Waals surface area contributed by atoms with Gasteiger partial charge in [0.1, 0.15) is 5.75 Å². The van der Waals surface area contributed by atoms with Gasteiger partial charge in [0.15, 0.2) is 5.78 Å². The molecule has 0 saturated carbocycles. The molecule has 0 fully saturated rings. The van der Waals surface area contributed by atoms with E-state index in [1.165, 1.54) is 0 Å². The van der Waals surface area contributed by atoms with Gasteiger partial charge in [-0.25, -0.2) is 0 Å². The lowest BCUT2D eigenvalue weighted by molar-refractivity contribution is 0.103. The molecule has 2 aromatic rings. The lowest BCUT2D eigenvalue weighted by Gasteiger charge is -2.15. The van der Waals surface area contributed by atoms with E-state index in [2.05, 4.69) is 5.32 Å². The van der Waals surface area contributed by atoms with Crippen LogP contribution in [0, 0.1) is 0 Å². The third-order valence-electron chi connectivity index (χ3n) is 2.95.